The number of carbonyl (C=O) groups is 1. The summed E-state index contributed by atoms with van der Waals surface area (Å²) in [5.74, 6) is -0.145. The van der Waals surface area contributed by atoms with Gasteiger partial charge in [0.2, 0.25) is 0 Å². The van der Waals surface area contributed by atoms with Crippen LogP contribution in [0.4, 0.5) is 0 Å². The molecular formula is C19H29NO4S. The van der Waals surface area contributed by atoms with E-state index in [-0.39, 0.29) is 23.3 Å². The van der Waals surface area contributed by atoms with Crippen molar-refractivity contribution in [1.29, 1.82) is 0 Å². The van der Waals surface area contributed by atoms with Crippen LogP contribution in [0.2, 0.25) is 0 Å². The van der Waals surface area contributed by atoms with Gasteiger partial charge in [0.05, 0.1) is 10.5 Å². The van der Waals surface area contributed by atoms with Crippen molar-refractivity contribution in [3.63, 3.8) is 0 Å². The molecule has 5 nitrogen and oxygen atoms in total. The van der Waals surface area contributed by atoms with E-state index >= 15 is 0 Å². The molecule has 1 amide bonds. The number of rotatable bonds is 6. The van der Waals surface area contributed by atoms with Crippen molar-refractivity contribution in [2.45, 2.75) is 62.9 Å². The molecule has 25 heavy (non-hydrogen) atoms. The molecule has 0 unspecified atom stereocenters. The number of hydrogen-bond donors (Lipinski definition) is 2. The summed E-state index contributed by atoms with van der Waals surface area (Å²) in [6.07, 6.45) is 7.15. The minimum atomic E-state index is -3.37. The van der Waals surface area contributed by atoms with Gasteiger partial charge in [-0.2, -0.15) is 0 Å². The first-order chi connectivity index (χ1) is 11.6. The van der Waals surface area contributed by atoms with Crippen LogP contribution >= 0.6 is 0 Å². The number of hydrogen-bond acceptors (Lipinski definition) is 4. The van der Waals surface area contributed by atoms with Gasteiger partial charge in [-0.1, -0.05) is 32.3 Å². The lowest BCUT2D eigenvalue weighted by molar-refractivity contribution is -0.0143. The summed E-state index contributed by atoms with van der Waals surface area (Å²) < 4.78 is 23.5. The van der Waals surface area contributed by atoms with Gasteiger partial charge >= 0.3 is 0 Å². The smallest absolute Gasteiger partial charge is 0.251 e. The highest BCUT2D eigenvalue weighted by Gasteiger charge is 2.33. The van der Waals surface area contributed by atoms with Crippen molar-refractivity contribution in [3.05, 3.63) is 29.3 Å². The largest absolute Gasteiger partial charge is 0.388 e. The molecule has 1 aromatic carbocycles. The predicted octanol–water partition coefficient (Wildman–Crippen LogP) is 2.71. The van der Waals surface area contributed by atoms with Crippen LogP contribution in [0.15, 0.2) is 23.1 Å². The van der Waals surface area contributed by atoms with Gasteiger partial charge in [-0.05, 0) is 49.8 Å². The van der Waals surface area contributed by atoms with Gasteiger partial charge in [0.1, 0.15) is 0 Å². The maximum atomic E-state index is 12.6. The van der Waals surface area contributed by atoms with Gasteiger partial charge < -0.3 is 10.4 Å². The molecule has 1 fully saturated rings. The standard InChI is InChI=1S/C19H29NO4S/c1-4-14-10-11-16(25(3,23)24)12-17(14)18(21)20-13-19(2,22)15-8-6-5-7-9-15/h10-12,15,22H,4-9,13H2,1-3H3,(H,20,21)/t19-/m0/s1. The van der Waals surface area contributed by atoms with Gasteiger partial charge in [-0.3, -0.25) is 4.79 Å². The fourth-order valence-electron chi connectivity index (χ4n) is 3.53. The average Bonchev–Trinajstić information content (AvgIpc) is 2.59. The molecule has 0 spiro atoms. The highest BCUT2D eigenvalue weighted by molar-refractivity contribution is 7.90. The third kappa shape index (κ3) is 5.05. The molecule has 1 aliphatic carbocycles. The molecule has 0 heterocycles. The predicted molar refractivity (Wildman–Crippen MR) is 98.5 cm³/mol. The number of amides is 1. The van der Waals surface area contributed by atoms with Crippen molar-refractivity contribution >= 4 is 15.7 Å². The molecule has 0 aromatic heterocycles. The summed E-state index contributed by atoms with van der Waals surface area (Å²) in [6, 6.07) is 4.65. The molecule has 1 aromatic rings. The van der Waals surface area contributed by atoms with E-state index in [1.54, 1.807) is 13.0 Å². The van der Waals surface area contributed by atoms with Crippen LogP contribution in [0, 0.1) is 5.92 Å². The van der Waals surface area contributed by atoms with Crippen molar-refractivity contribution in [2.24, 2.45) is 5.92 Å². The number of aliphatic hydroxyl groups is 1. The fourth-order valence-corrected chi connectivity index (χ4v) is 4.18. The van der Waals surface area contributed by atoms with Crippen LogP contribution in [0.25, 0.3) is 0 Å². The maximum Gasteiger partial charge on any atom is 0.251 e. The second-order valence-electron chi connectivity index (χ2n) is 7.32. The third-order valence-electron chi connectivity index (χ3n) is 5.23. The third-order valence-corrected chi connectivity index (χ3v) is 6.34. The molecule has 2 N–H and O–H groups in total. The van der Waals surface area contributed by atoms with Gasteiger partial charge in [0, 0.05) is 18.4 Å². The first kappa shape index (κ1) is 19.9. The van der Waals surface area contributed by atoms with Crippen LogP contribution < -0.4 is 5.32 Å². The van der Waals surface area contributed by atoms with Gasteiger partial charge in [-0.25, -0.2) is 8.42 Å². The van der Waals surface area contributed by atoms with Crippen molar-refractivity contribution in [3.8, 4) is 0 Å². The Balaban J connectivity index is 2.14. The van der Waals surface area contributed by atoms with Crippen LogP contribution in [-0.4, -0.2) is 37.8 Å². The van der Waals surface area contributed by atoms with Crippen molar-refractivity contribution in [1.82, 2.24) is 5.32 Å². The SMILES string of the molecule is CCc1ccc(S(C)(=O)=O)cc1C(=O)NC[C@](C)(O)C1CCCCC1. The Kier molecular flexibility index (Phi) is 6.27. The number of benzene rings is 1. The quantitative estimate of drug-likeness (QED) is 0.810. The highest BCUT2D eigenvalue weighted by atomic mass is 32.2. The van der Waals surface area contributed by atoms with Crippen LogP contribution in [-0.2, 0) is 16.3 Å². The fraction of sp³-hybridized carbons (Fsp3) is 0.632. The van der Waals surface area contributed by atoms with Gasteiger partial charge in [-0.15, -0.1) is 0 Å². The van der Waals surface area contributed by atoms with Gasteiger partial charge in [0.15, 0.2) is 9.84 Å². The van der Waals surface area contributed by atoms with E-state index in [0.717, 1.165) is 37.5 Å². The number of nitrogens with one attached hydrogen (secondary N) is 1. The number of aryl methyl sites for hydroxylation is 1. The second-order valence-corrected chi connectivity index (χ2v) is 9.34. The van der Waals surface area contributed by atoms with Crippen LogP contribution in [0.1, 0.15) is 61.9 Å². The minimum Gasteiger partial charge on any atom is -0.388 e. The normalized spacial score (nSPS) is 18.6. The van der Waals surface area contributed by atoms with E-state index in [1.807, 2.05) is 6.92 Å². The summed E-state index contributed by atoms with van der Waals surface area (Å²) >= 11 is 0. The van der Waals surface area contributed by atoms with E-state index < -0.39 is 15.4 Å². The van der Waals surface area contributed by atoms with E-state index in [9.17, 15) is 18.3 Å². The Morgan fingerprint density at radius 1 is 1.28 bits per heavy atom. The summed E-state index contributed by atoms with van der Waals surface area (Å²) in [5.41, 5.74) is 0.212. The zero-order valence-corrected chi connectivity index (χ0v) is 16.2. The van der Waals surface area contributed by atoms with E-state index in [2.05, 4.69) is 5.32 Å². The molecular weight excluding hydrogens is 338 g/mol. The minimum absolute atomic E-state index is 0.133. The van der Waals surface area contributed by atoms with Crippen LogP contribution in [0.5, 0.6) is 0 Å². The summed E-state index contributed by atoms with van der Waals surface area (Å²) in [7, 11) is -3.37. The zero-order valence-electron chi connectivity index (χ0n) is 15.3. The molecule has 6 heteroatoms. The number of carbonyl (C=O) groups excluding carboxylic acids is 1. The summed E-state index contributed by atoms with van der Waals surface area (Å²) in [6.45, 7) is 3.87. The van der Waals surface area contributed by atoms with E-state index in [1.165, 1.54) is 18.6 Å². The lowest BCUT2D eigenvalue weighted by Crippen LogP contribution is -2.46. The van der Waals surface area contributed by atoms with E-state index in [0.29, 0.717) is 12.0 Å². The molecule has 1 saturated carbocycles. The Labute approximate surface area is 150 Å². The van der Waals surface area contributed by atoms with Crippen molar-refractivity contribution in [2.75, 3.05) is 12.8 Å². The lowest BCUT2D eigenvalue weighted by atomic mass is 9.78. The second kappa shape index (κ2) is 7.87. The molecule has 0 bridgehead atoms. The Morgan fingerprint density at radius 3 is 2.48 bits per heavy atom. The summed E-state index contributed by atoms with van der Waals surface area (Å²) in [4.78, 5) is 12.7. The molecule has 0 radical (unpaired) electrons. The van der Waals surface area contributed by atoms with Crippen LogP contribution in [0.3, 0.4) is 0 Å². The molecule has 0 aliphatic heterocycles. The molecule has 2 rings (SSSR count). The van der Waals surface area contributed by atoms with Crippen molar-refractivity contribution < 1.29 is 18.3 Å². The topological polar surface area (TPSA) is 83.5 Å². The first-order valence-corrected chi connectivity index (χ1v) is 10.9. The molecule has 0 saturated heterocycles. The number of sulfone groups is 1. The van der Waals surface area contributed by atoms with Gasteiger partial charge in [0.25, 0.3) is 5.91 Å². The molecule has 1 aliphatic rings. The summed E-state index contributed by atoms with van der Waals surface area (Å²) in [5, 5.41) is 13.5. The average molecular weight is 368 g/mol. The highest BCUT2D eigenvalue weighted by Crippen LogP contribution is 2.32. The molecule has 140 valence electrons. The monoisotopic (exact) mass is 367 g/mol. The maximum absolute atomic E-state index is 12.6. The van der Waals surface area contributed by atoms with E-state index in [4.69, 9.17) is 0 Å². The Hall–Kier alpha value is -1.40. The first-order valence-electron chi connectivity index (χ1n) is 8.98. The Bertz CT molecular complexity index is 719. The Morgan fingerprint density at radius 2 is 1.92 bits per heavy atom. The molecule has 1 atom stereocenters. The lowest BCUT2D eigenvalue weighted by Gasteiger charge is -2.35. The zero-order chi connectivity index (χ0) is 18.7.